The largest absolute Gasteiger partial charge is 0.391 e. The van der Waals surface area contributed by atoms with E-state index in [0.717, 1.165) is 17.0 Å². The topological polar surface area (TPSA) is 46.3 Å². The number of aliphatic hydroxyl groups excluding tert-OH is 1. The van der Waals surface area contributed by atoms with E-state index >= 15 is 0 Å². The van der Waals surface area contributed by atoms with Crippen LogP contribution < -0.4 is 0 Å². The zero-order valence-electron chi connectivity index (χ0n) is 8.66. The third-order valence-electron chi connectivity index (χ3n) is 2.08. The van der Waals surface area contributed by atoms with Gasteiger partial charge < -0.3 is 9.63 Å². The molecule has 0 spiro atoms. The molecule has 13 heavy (non-hydrogen) atoms. The summed E-state index contributed by atoms with van der Waals surface area (Å²) in [6.45, 7) is 8.17. The SMILES string of the molecule is CC(C)c1noc(C(C)C)c1CO. The van der Waals surface area contributed by atoms with E-state index in [1.807, 2.05) is 27.7 Å². The minimum Gasteiger partial charge on any atom is -0.391 e. The van der Waals surface area contributed by atoms with Crippen LogP contribution in [0.5, 0.6) is 0 Å². The van der Waals surface area contributed by atoms with Crippen molar-refractivity contribution in [3.8, 4) is 0 Å². The molecule has 0 aromatic carbocycles. The van der Waals surface area contributed by atoms with E-state index in [9.17, 15) is 5.11 Å². The molecule has 1 heterocycles. The molecule has 0 unspecified atom stereocenters. The Bertz CT molecular complexity index is 251. The number of hydrogen-bond acceptors (Lipinski definition) is 3. The van der Waals surface area contributed by atoms with E-state index in [1.165, 1.54) is 0 Å². The predicted octanol–water partition coefficient (Wildman–Crippen LogP) is 2.41. The summed E-state index contributed by atoms with van der Waals surface area (Å²) in [7, 11) is 0. The average Bonchev–Trinajstić information content (AvgIpc) is 2.46. The van der Waals surface area contributed by atoms with Gasteiger partial charge in [0, 0.05) is 11.5 Å². The van der Waals surface area contributed by atoms with E-state index < -0.39 is 0 Å². The highest BCUT2D eigenvalue weighted by atomic mass is 16.5. The third-order valence-corrected chi connectivity index (χ3v) is 2.08. The van der Waals surface area contributed by atoms with E-state index in [-0.39, 0.29) is 12.5 Å². The fourth-order valence-electron chi connectivity index (χ4n) is 1.40. The molecule has 3 nitrogen and oxygen atoms in total. The Morgan fingerprint density at radius 3 is 2.23 bits per heavy atom. The summed E-state index contributed by atoms with van der Waals surface area (Å²) < 4.78 is 5.20. The maximum absolute atomic E-state index is 9.19. The lowest BCUT2D eigenvalue weighted by Crippen LogP contribution is -1.97. The predicted molar refractivity (Wildman–Crippen MR) is 50.6 cm³/mol. The zero-order valence-corrected chi connectivity index (χ0v) is 8.66. The minimum absolute atomic E-state index is 0.0184. The minimum atomic E-state index is 0.0184. The molecule has 0 amide bonds. The van der Waals surface area contributed by atoms with E-state index in [0.29, 0.717) is 5.92 Å². The molecule has 0 radical (unpaired) electrons. The number of aromatic nitrogens is 1. The molecule has 0 bridgehead atoms. The van der Waals surface area contributed by atoms with Crippen molar-refractivity contribution in [1.29, 1.82) is 0 Å². The van der Waals surface area contributed by atoms with Crippen LogP contribution in [0.2, 0.25) is 0 Å². The van der Waals surface area contributed by atoms with Crippen LogP contribution in [0, 0.1) is 0 Å². The van der Waals surface area contributed by atoms with Crippen LogP contribution in [0.4, 0.5) is 0 Å². The Morgan fingerprint density at radius 1 is 1.23 bits per heavy atom. The maximum Gasteiger partial charge on any atom is 0.145 e. The molecule has 1 aromatic heterocycles. The van der Waals surface area contributed by atoms with Gasteiger partial charge in [-0.15, -0.1) is 0 Å². The summed E-state index contributed by atoms with van der Waals surface area (Å²) in [5, 5.41) is 13.2. The first kappa shape index (κ1) is 10.3. The Balaban J connectivity index is 3.10. The fraction of sp³-hybridized carbons (Fsp3) is 0.700. The normalized spacial score (nSPS) is 11.6. The molecule has 0 atom stereocenters. The molecule has 1 rings (SSSR count). The van der Waals surface area contributed by atoms with Crippen LogP contribution in [0.15, 0.2) is 4.52 Å². The van der Waals surface area contributed by atoms with Crippen molar-refractivity contribution < 1.29 is 9.63 Å². The van der Waals surface area contributed by atoms with Gasteiger partial charge in [-0.3, -0.25) is 0 Å². The number of nitrogens with zero attached hydrogens (tertiary/aromatic N) is 1. The second kappa shape index (κ2) is 3.92. The van der Waals surface area contributed by atoms with Gasteiger partial charge in [0.15, 0.2) is 0 Å². The molecule has 1 aromatic rings. The summed E-state index contributed by atoms with van der Waals surface area (Å²) in [4.78, 5) is 0. The van der Waals surface area contributed by atoms with Gasteiger partial charge in [0.1, 0.15) is 5.76 Å². The lowest BCUT2D eigenvalue weighted by atomic mass is 10.0. The first-order valence-corrected chi connectivity index (χ1v) is 4.67. The van der Waals surface area contributed by atoms with Crippen LogP contribution in [-0.4, -0.2) is 10.3 Å². The zero-order chi connectivity index (χ0) is 10.0. The van der Waals surface area contributed by atoms with Crippen LogP contribution in [0.3, 0.4) is 0 Å². The van der Waals surface area contributed by atoms with Crippen molar-refractivity contribution in [2.24, 2.45) is 0 Å². The molecule has 0 fully saturated rings. The molecule has 0 saturated heterocycles. The van der Waals surface area contributed by atoms with Crippen molar-refractivity contribution in [3.63, 3.8) is 0 Å². The van der Waals surface area contributed by atoms with Crippen molar-refractivity contribution in [2.75, 3.05) is 0 Å². The smallest absolute Gasteiger partial charge is 0.145 e. The van der Waals surface area contributed by atoms with Gasteiger partial charge in [-0.1, -0.05) is 32.9 Å². The van der Waals surface area contributed by atoms with Crippen molar-refractivity contribution >= 4 is 0 Å². The summed E-state index contributed by atoms with van der Waals surface area (Å²) in [6.07, 6.45) is 0. The molecule has 74 valence electrons. The van der Waals surface area contributed by atoms with E-state index in [2.05, 4.69) is 5.16 Å². The van der Waals surface area contributed by atoms with Crippen LogP contribution in [0.25, 0.3) is 0 Å². The standard InChI is InChI=1S/C10H17NO2/c1-6(2)9-8(5-12)10(7(3)4)13-11-9/h6-7,12H,5H2,1-4H3. The lowest BCUT2D eigenvalue weighted by molar-refractivity contribution is 0.275. The molecule has 3 heteroatoms. The molecule has 0 aliphatic heterocycles. The van der Waals surface area contributed by atoms with Crippen LogP contribution >= 0.6 is 0 Å². The molecule has 0 saturated carbocycles. The molecule has 1 N–H and O–H groups in total. The third kappa shape index (κ3) is 1.91. The van der Waals surface area contributed by atoms with Gasteiger partial charge in [0.05, 0.1) is 12.3 Å². The lowest BCUT2D eigenvalue weighted by Gasteiger charge is -2.04. The van der Waals surface area contributed by atoms with Crippen LogP contribution in [-0.2, 0) is 6.61 Å². The van der Waals surface area contributed by atoms with Gasteiger partial charge in [0.2, 0.25) is 0 Å². The Kier molecular flexibility index (Phi) is 3.09. The van der Waals surface area contributed by atoms with E-state index in [1.54, 1.807) is 0 Å². The number of rotatable bonds is 3. The van der Waals surface area contributed by atoms with Gasteiger partial charge >= 0.3 is 0 Å². The van der Waals surface area contributed by atoms with Crippen molar-refractivity contribution in [1.82, 2.24) is 5.16 Å². The highest BCUT2D eigenvalue weighted by Crippen LogP contribution is 2.26. The maximum atomic E-state index is 9.19. The van der Waals surface area contributed by atoms with Gasteiger partial charge in [-0.2, -0.15) is 0 Å². The fourth-order valence-corrected chi connectivity index (χ4v) is 1.40. The Morgan fingerprint density at radius 2 is 1.85 bits per heavy atom. The quantitative estimate of drug-likeness (QED) is 0.782. The summed E-state index contributed by atoms with van der Waals surface area (Å²) >= 11 is 0. The second-order valence-electron chi connectivity index (χ2n) is 3.88. The average molecular weight is 183 g/mol. The molecule has 0 aliphatic carbocycles. The first-order valence-electron chi connectivity index (χ1n) is 4.67. The monoisotopic (exact) mass is 183 g/mol. The second-order valence-corrected chi connectivity index (χ2v) is 3.88. The Hall–Kier alpha value is -0.830. The van der Waals surface area contributed by atoms with Gasteiger partial charge in [-0.05, 0) is 5.92 Å². The number of hydrogen-bond donors (Lipinski definition) is 1. The molecule has 0 aliphatic rings. The summed E-state index contributed by atoms with van der Waals surface area (Å²) in [6, 6.07) is 0. The number of aliphatic hydroxyl groups is 1. The summed E-state index contributed by atoms with van der Waals surface area (Å²) in [5.41, 5.74) is 1.75. The summed E-state index contributed by atoms with van der Waals surface area (Å²) in [5.74, 6) is 1.40. The highest BCUT2D eigenvalue weighted by molar-refractivity contribution is 5.26. The van der Waals surface area contributed by atoms with Gasteiger partial charge in [-0.25, -0.2) is 0 Å². The van der Waals surface area contributed by atoms with Crippen LogP contribution in [0.1, 0.15) is 56.5 Å². The van der Waals surface area contributed by atoms with Gasteiger partial charge in [0.25, 0.3) is 0 Å². The van der Waals surface area contributed by atoms with Crippen molar-refractivity contribution in [3.05, 3.63) is 17.0 Å². The first-order chi connectivity index (χ1) is 6.07. The molecular formula is C10H17NO2. The molecular weight excluding hydrogens is 166 g/mol. The Labute approximate surface area is 78.7 Å². The van der Waals surface area contributed by atoms with E-state index in [4.69, 9.17) is 4.52 Å². The highest BCUT2D eigenvalue weighted by Gasteiger charge is 2.19. The van der Waals surface area contributed by atoms with Crippen molar-refractivity contribution in [2.45, 2.75) is 46.1 Å².